The number of ether oxygens (including phenoxy) is 2. The molecule has 94 valence electrons. The number of carbonyl (C=O) groups is 2. The van der Waals surface area contributed by atoms with Gasteiger partial charge in [-0.25, -0.2) is 9.59 Å². The Morgan fingerprint density at radius 3 is 2.19 bits per heavy atom. The van der Waals surface area contributed by atoms with Gasteiger partial charge >= 0.3 is 12.1 Å². The molecule has 0 aromatic carbocycles. The SMILES string of the molecule is COCC(C(=O)O)N(C)C(=O)OC(C)(C)C. The van der Waals surface area contributed by atoms with Gasteiger partial charge in [-0.2, -0.15) is 0 Å². The number of aliphatic carboxylic acids is 1. The van der Waals surface area contributed by atoms with Gasteiger partial charge in [0.05, 0.1) is 6.61 Å². The lowest BCUT2D eigenvalue weighted by Gasteiger charge is -2.28. The molecule has 1 N–H and O–H groups in total. The van der Waals surface area contributed by atoms with E-state index in [0.717, 1.165) is 4.90 Å². The normalized spacial score (nSPS) is 13.1. The maximum absolute atomic E-state index is 11.6. The van der Waals surface area contributed by atoms with Gasteiger partial charge < -0.3 is 14.6 Å². The van der Waals surface area contributed by atoms with Crippen LogP contribution in [-0.4, -0.2) is 54.5 Å². The number of carboxylic acids is 1. The Morgan fingerprint density at radius 1 is 1.38 bits per heavy atom. The fourth-order valence-corrected chi connectivity index (χ4v) is 0.968. The minimum absolute atomic E-state index is 0.0783. The monoisotopic (exact) mass is 233 g/mol. The predicted octanol–water partition coefficient (Wildman–Crippen LogP) is 0.953. The van der Waals surface area contributed by atoms with E-state index in [4.69, 9.17) is 14.6 Å². The van der Waals surface area contributed by atoms with Crippen molar-refractivity contribution < 1.29 is 24.2 Å². The van der Waals surface area contributed by atoms with Crippen LogP contribution < -0.4 is 0 Å². The molecule has 6 nitrogen and oxygen atoms in total. The van der Waals surface area contributed by atoms with Crippen LogP contribution in [0, 0.1) is 0 Å². The van der Waals surface area contributed by atoms with Gasteiger partial charge in [-0.15, -0.1) is 0 Å². The molecule has 0 spiro atoms. The van der Waals surface area contributed by atoms with Crippen LogP contribution in [0.1, 0.15) is 20.8 Å². The quantitative estimate of drug-likeness (QED) is 0.782. The molecule has 0 saturated heterocycles. The minimum atomic E-state index is -1.13. The van der Waals surface area contributed by atoms with E-state index in [1.807, 2.05) is 0 Å². The van der Waals surface area contributed by atoms with Crippen LogP contribution in [0.3, 0.4) is 0 Å². The fraction of sp³-hybridized carbons (Fsp3) is 0.800. The van der Waals surface area contributed by atoms with Gasteiger partial charge in [0.25, 0.3) is 0 Å². The van der Waals surface area contributed by atoms with Gasteiger partial charge in [0, 0.05) is 14.2 Å². The molecule has 0 radical (unpaired) electrons. The molecule has 6 heteroatoms. The van der Waals surface area contributed by atoms with E-state index in [2.05, 4.69) is 0 Å². The van der Waals surface area contributed by atoms with Crippen LogP contribution in [-0.2, 0) is 14.3 Å². The highest BCUT2D eigenvalue weighted by molar-refractivity contribution is 5.80. The summed E-state index contributed by atoms with van der Waals surface area (Å²) in [5.41, 5.74) is -0.651. The second-order valence-corrected chi connectivity index (χ2v) is 4.40. The molecular formula is C10H19NO5. The van der Waals surface area contributed by atoms with Crippen LogP contribution in [0.15, 0.2) is 0 Å². The molecule has 0 aliphatic heterocycles. The fourth-order valence-electron chi connectivity index (χ4n) is 0.968. The summed E-state index contributed by atoms with van der Waals surface area (Å²) in [6.45, 7) is 5.06. The number of rotatable bonds is 4. The maximum Gasteiger partial charge on any atom is 0.410 e. The Balaban J connectivity index is 4.55. The Kier molecular flexibility index (Phi) is 5.23. The van der Waals surface area contributed by atoms with E-state index in [9.17, 15) is 9.59 Å². The molecule has 0 aliphatic rings. The molecule has 16 heavy (non-hydrogen) atoms. The van der Waals surface area contributed by atoms with E-state index in [-0.39, 0.29) is 6.61 Å². The third-order valence-electron chi connectivity index (χ3n) is 1.76. The molecular weight excluding hydrogens is 214 g/mol. The van der Waals surface area contributed by atoms with Crippen molar-refractivity contribution in [3.05, 3.63) is 0 Å². The van der Waals surface area contributed by atoms with Crippen molar-refractivity contribution in [2.75, 3.05) is 20.8 Å². The average molecular weight is 233 g/mol. The van der Waals surface area contributed by atoms with E-state index >= 15 is 0 Å². The molecule has 0 bridgehead atoms. The zero-order valence-corrected chi connectivity index (χ0v) is 10.3. The van der Waals surface area contributed by atoms with Crippen LogP contribution in [0.5, 0.6) is 0 Å². The predicted molar refractivity (Wildman–Crippen MR) is 57.3 cm³/mol. The second-order valence-electron chi connectivity index (χ2n) is 4.40. The zero-order chi connectivity index (χ0) is 12.9. The van der Waals surface area contributed by atoms with Gasteiger partial charge in [0.2, 0.25) is 0 Å². The minimum Gasteiger partial charge on any atom is -0.480 e. The van der Waals surface area contributed by atoms with Crippen molar-refractivity contribution in [3.8, 4) is 0 Å². The van der Waals surface area contributed by atoms with Crippen molar-refractivity contribution >= 4 is 12.1 Å². The molecule has 0 aromatic heterocycles. The van der Waals surface area contributed by atoms with E-state index < -0.39 is 23.7 Å². The van der Waals surface area contributed by atoms with E-state index in [0.29, 0.717) is 0 Å². The van der Waals surface area contributed by atoms with Crippen LogP contribution in [0.2, 0.25) is 0 Å². The highest BCUT2D eigenvalue weighted by atomic mass is 16.6. The van der Waals surface area contributed by atoms with Crippen molar-refractivity contribution in [1.29, 1.82) is 0 Å². The first kappa shape index (κ1) is 14.7. The molecule has 0 rings (SSSR count). The molecule has 0 heterocycles. The number of likely N-dealkylation sites (N-methyl/N-ethyl adjacent to an activating group) is 1. The maximum atomic E-state index is 11.6. The van der Waals surface area contributed by atoms with Gasteiger partial charge in [0.1, 0.15) is 5.60 Å². The Morgan fingerprint density at radius 2 is 1.88 bits per heavy atom. The van der Waals surface area contributed by atoms with Crippen LogP contribution >= 0.6 is 0 Å². The average Bonchev–Trinajstić information content (AvgIpc) is 2.09. The molecule has 0 aliphatic carbocycles. The topological polar surface area (TPSA) is 76.1 Å². The molecule has 0 aromatic rings. The number of nitrogens with zero attached hydrogens (tertiary/aromatic N) is 1. The third-order valence-corrected chi connectivity index (χ3v) is 1.76. The summed E-state index contributed by atoms with van der Waals surface area (Å²) in [5.74, 6) is -1.13. The zero-order valence-electron chi connectivity index (χ0n) is 10.3. The molecule has 0 saturated carbocycles. The lowest BCUT2D eigenvalue weighted by atomic mass is 10.2. The van der Waals surface area contributed by atoms with Crippen LogP contribution in [0.25, 0.3) is 0 Å². The van der Waals surface area contributed by atoms with E-state index in [1.54, 1.807) is 20.8 Å². The Hall–Kier alpha value is -1.30. The Bertz CT molecular complexity index is 258. The van der Waals surface area contributed by atoms with Crippen molar-refractivity contribution in [2.24, 2.45) is 0 Å². The van der Waals surface area contributed by atoms with Gasteiger partial charge in [-0.3, -0.25) is 4.90 Å². The molecule has 1 unspecified atom stereocenters. The summed E-state index contributed by atoms with van der Waals surface area (Å²) in [6.07, 6.45) is -0.683. The third kappa shape index (κ3) is 4.97. The summed E-state index contributed by atoms with van der Waals surface area (Å²) in [4.78, 5) is 23.4. The molecule has 1 amide bonds. The first-order chi connectivity index (χ1) is 7.19. The van der Waals surface area contributed by atoms with Crippen molar-refractivity contribution in [1.82, 2.24) is 4.90 Å². The number of hydrogen-bond acceptors (Lipinski definition) is 4. The van der Waals surface area contributed by atoms with Gasteiger partial charge in [-0.1, -0.05) is 0 Å². The summed E-state index contributed by atoms with van der Waals surface area (Å²) in [5, 5.41) is 8.89. The second kappa shape index (κ2) is 5.69. The van der Waals surface area contributed by atoms with Gasteiger partial charge in [-0.05, 0) is 20.8 Å². The molecule has 0 fully saturated rings. The Labute approximate surface area is 95.1 Å². The summed E-state index contributed by atoms with van der Waals surface area (Å²) in [6, 6.07) is -1.04. The van der Waals surface area contributed by atoms with Crippen LogP contribution in [0.4, 0.5) is 4.79 Å². The van der Waals surface area contributed by atoms with Crippen molar-refractivity contribution in [3.63, 3.8) is 0 Å². The molecule has 1 atom stereocenters. The summed E-state index contributed by atoms with van der Waals surface area (Å²) in [7, 11) is 2.74. The number of hydrogen-bond donors (Lipinski definition) is 1. The van der Waals surface area contributed by atoms with Gasteiger partial charge in [0.15, 0.2) is 6.04 Å². The summed E-state index contributed by atoms with van der Waals surface area (Å²) >= 11 is 0. The smallest absolute Gasteiger partial charge is 0.410 e. The number of methoxy groups -OCH3 is 1. The van der Waals surface area contributed by atoms with E-state index in [1.165, 1.54) is 14.2 Å². The number of carboxylic acid groups (broad SMARTS) is 1. The number of carbonyl (C=O) groups excluding carboxylic acids is 1. The number of amides is 1. The first-order valence-electron chi connectivity index (χ1n) is 4.86. The standard InChI is InChI=1S/C10H19NO5/c1-10(2,3)16-9(14)11(4)7(6-15-5)8(12)13/h7H,6H2,1-5H3,(H,12,13). The van der Waals surface area contributed by atoms with Crippen molar-refractivity contribution in [2.45, 2.75) is 32.4 Å². The lowest BCUT2D eigenvalue weighted by molar-refractivity contribution is -0.144. The summed E-state index contributed by atoms with van der Waals surface area (Å²) < 4.78 is 9.78. The highest BCUT2D eigenvalue weighted by Gasteiger charge is 2.29. The first-order valence-corrected chi connectivity index (χ1v) is 4.86. The lowest BCUT2D eigenvalue weighted by Crippen LogP contribution is -2.47. The largest absolute Gasteiger partial charge is 0.480 e. The highest BCUT2D eigenvalue weighted by Crippen LogP contribution is 2.11.